The monoisotopic (exact) mass is 527 g/mol. The molecule has 39 heavy (non-hydrogen) atoms. The second-order valence-corrected chi connectivity index (χ2v) is 9.07. The molecule has 3 heterocycles. The number of carbonyl (C=O) groups is 2. The van der Waals surface area contributed by atoms with E-state index in [0.29, 0.717) is 11.1 Å². The summed E-state index contributed by atoms with van der Waals surface area (Å²) >= 11 is 0. The number of hydrogen-bond donors (Lipinski definition) is 2. The standard InChI is InChI=1S/C28H25N5O6/c29-16-28(22-12-11-20-27(30)31-17-32-33(20)22)26(36)25(38-24(35)14-19-9-5-2-6-10-19)21(39-28)15-37-23(34)13-18-7-3-1-4-8-18/h1-12,17,21,25-26,36H,13-15H2,(H2,30,31,32)/t21-,25-,26-,28+/m1/s1. The van der Waals surface area contributed by atoms with E-state index in [9.17, 15) is 20.0 Å². The number of fused-ring (bicyclic) bond motifs is 1. The molecule has 0 aliphatic carbocycles. The first-order chi connectivity index (χ1) is 18.9. The van der Waals surface area contributed by atoms with Crippen molar-refractivity contribution in [1.82, 2.24) is 14.6 Å². The number of esters is 2. The Morgan fingerprint density at radius 1 is 1.03 bits per heavy atom. The number of ether oxygens (including phenoxy) is 3. The highest BCUT2D eigenvalue weighted by molar-refractivity contribution is 5.73. The molecule has 0 saturated carbocycles. The average Bonchev–Trinajstić information content (AvgIpc) is 3.49. The summed E-state index contributed by atoms with van der Waals surface area (Å²) in [6, 6.07) is 23.1. The van der Waals surface area contributed by atoms with Crippen LogP contribution < -0.4 is 5.73 Å². The number of hydrogen-bond acceptors (Lipinski definition) is 10. The van der Waals surface area contributed by atoms with E-state index in [4.69, 9.17) is 19.9 Å². The molecule has 0 unspecified atom stereocenters. The van der Waals surface area contributed by atoms with Crippen molar-refractivity contribution in [1.29, 1.82) is 5.26 Å². The predicted octanol–water partition coefficient (Wildman–Crippen LogP) is 1.73. The largest absolute Gasteiger partial charge is 0.463 e. The fourth-order valence-electron chi connectivity index (χ4n) is 4.62. The topological polar surface area (TPSA) is 162 Å². The van der Waals surface area contributed by atoms with Crippen molar-refractivity contribution in [3.63, 3.8) is 0 Å². The van der Waals surface area contributed by atoms with Crippen molar-refractivity contribution in [3.05, 3.63) is 95.9 Å². The Morgan fingerprint density at radius 2 is 1.67 bits per heavy atom. The Bertz CT molecular complexity index is 1520. The molecule has 11 heteroatoms. The zero-order valence-electron chi connectivity index (χ0n) is 20.7. The normalized spacial score (nSPS) is 22.3. The minimum Gasteiger partial charge on any atom is -0.463 e. The molecule has 2 aromatic heterocycles. The van der Waals surface area contributed by atoms with Crippen LogP contribution in [0.15, 0.2) is 79.1 Å². The van der Waals surface area contributed by atoms with E-state index in [1.165, 1.54) is 16.9 Å². The van der Waals surface area contributed by atoms with Crippen LogP contribution in [0.25, 0.3) is 5.52 Å². The molecule has 0 radical (unpaired) electrons. The molecule has 5 rings (SSSR count). The van der Waals surface area contributed by atoms with E-state index in [-0.39, 0.29) is 31.0 Å². The van der Waals surface area contributed by atoms with E-state index < -0.39 is 35.9 Å². The Morgan fingerprint density at radius 3 is 2.31 bits per heavy atom. The number of aromatic nitrogens is 3. The third kappa shape index (κ3) is 5.16. The van der Waals surface area contributed by atoms with Crippen LogP contribution in [0.2, 0.25) is 0 Å². The van der Waals surface area contributed by atoms with Gasteiger partial charge in [0, 0.05) is 0 Å². The molecular formula is C28H25N5O6. The number of rotatable bonds is 8. The summed E-state index contributed by atoms with van der Waals surface area (Å²) in [6.07, 6.45) is -2.97. The molecule has 1 saturated heterocycles. The number of nitrogens with two attached hydrogens (primary N) is 1. The zero-order valence-corrected chi connectivity index (χ0v) is 20.7. The number of aliphatic hydroxyl groups excluding tert-OH is 1. The Balaban J connectivity index is 1.41. The molecule has 0 spiro atoms. The van der Waals surface area contributed by atoms with Gasteiger partial charge >= 0.3 is 11.9 Å². The van der Waals surface area contributed by atoms with Crippen molar-refractivity contribution in [2.45, 2.75) is 36.8 Å². The van der Waals surface area contributed by atoms with Crippen LogP contribution in [-0.4, -0.2) is 56.6 Å². The molecule has 2 aromatic carbocycles. The fourth-order valence-corrected chi connectivity index (χ4v) is 4.62. The molecule has 1 aliphatic heterocycles. The number of nitrogen functional groups attached to an aromatic ring is 1. The summed E-state index contributed by atoms with van der Waals surface area (Å²) < 4.78 is 18.5. The van der Waals surface area contributed by atoms with Gasteiger partial charge in [-0.05, 0) is 23.3 Å². The van der Waals surface area contributed by atoms with Gasteiger partial charge in [0.15, 0.2) is 11.9 Å². The SMILES string of the molecule is N#C[C@@]1(c2ccc3c(N)ncnn23)O[C@H](COC(=O)Cc2ccccc2)[C@@H](OC(=O)Cc2ccccc2)[C@H]1O. The highest BCUT2D eigenvalue weighted by Crippen LogP contribution is 2.42. The molecular weight excluding hydrogens is 502 g/mol. The summed E-state index contributed by atoms with van der Waals surface area (Å²) in [6.45, 7) is -0.365. The van der Waals surface area contributed by atoms with Gasteiger partial charge in [-0.3, -0.25) is 9.59 Å². The van der Waals surface area contributed by atoms with Gasteiger partial charge in [0.05, 0.1) is 18.5 Å². The molecule has 1 fully saturated rings. The highest BCUT2D eigenvalue weighted by Gasteiger charge is 2.60. The summed E-state index contributed by atoms with van der Waals surface area (Å²) in [5, 5.41) is 25.9. The number of aliphatic hydroxyl groups is 1. The van der Waals surface area contributed by atoms with E-state index in [1.807, 2.05) is 18.2 Å². The first kappa shape index (κ1) is 25.8. The molecule has 0 amide bonds. The maximum absolute atomic E-state index is 12.9. The lowest BCUT2D eigenvalue weighted by molar-refractivity contribution is -0.159. The second kappa shape index (κ2) is 10.9. The quantitative estimate of drug-likeness (QED) is 0.323. The Hall–Kier alpha value is -4.79. The molecule has 4 aromatic rings. The molecule has 1 aliphatic rings. The molecule has 3 N–H and O–H groups in total. The van der Waals surface area contributed by atoms with Gasteiger partial charge in [0.25, 0.3) is 0 Å². The first-order valence-corrected chi connectivity index (χ1v) is 12.2. The summed E-state index contributed by atoms with van der Waals surface area (Å²) in [5.41, 5.74) is 5.94. The number of benzene rings is 2. The van der Waals surface area contributed by atoms with Crippen molar-refractivity contribution in [2.24, 2.45) is 0 Å². The Labute approximate surface area is 223 Å². The second-order valence-electron chi connectivity index (χ2n) is 9.07. The average molecular weight is 528 g/mol. The molecule has 11 nitrogen and oxygen atoms in total. The van der Waals surface area contributed by atoms with Crippen molar-refractivity contribution < 1.29 is 28.9 Å². The van der Waals surface area contributed by atoms with Crippen LogP contribution in [0.3, 0.4) is 0 Å². The van der Waals surface area contributed by atoms with Crippen LogP contribution in [0, 0.1) is 11.3 Å². The number of anilines is 1. The molecule has 198 valence electrons. The summed E-state index contributed by atoms with van der Waals surface area (Å²) in [7, 11) is 0. The van der Waals surface area contributed by atoms with Gasteiger partial charge in [0.2, 0.25) is 5.60 Å². The fraction of sp³-hybridized carbons (Fsp3) is 0.250. The Kier molecular flexibility index (Phi) is 7.23. The van der Waals surface area contributed by atoms with Gasteiger partial charge in [-0.15, -0.1) is 0 Å². The lowest BCUT2D eigenvalue weighted by Gasteiger charge is -2.24. The lowest BCUT2D eigenvalue weighted by Crippen LogP contribution is -2.43. The first-order valence-electron chi connectivity index (χ1n) is 12.2. The van der Waals surface area contributed by atoms with Crippen LogP contribution in [0.4, 0.5) is 5.82 Å². The minimum atomic E-state index is -2.01. The zero-order chi connectivity index (χ0) is 27.4. The summed E-state index contributed by atoms with van der Waals surface area (Å²) in [4.78, 5) is 29.3. The molecule has 4 atom stereocenters. The van der Waals surface area contributed by atoms with Crippen LogP contribution in [0.1, 0.15) is 16.8 Å². The smallest absolute Gasteiger partial charge is 0.310 e. The van der Waals surface area contributed by atoms with Crippen LogP contribution in [0.5, 0.6) is 0 Å². The van der Waals surface area contributed by atoms with Crippen molar-refractivity contribution in [2.75, 3.05) is 12.3 Å². The van der Waals surface area contributed by atoms with E-state index in [1.54, 1.807) is 54.6 Å². The number of nitriles is 1. The van der Waals surface area contributed by atoms with E-state index >= 15 is 0 Å². The summed E-state index contributed by atoms with van der Waals surface area (Å²) in [5.74, 6) is -1.03. The van der Waals surface area contributed by atoms with Gasteiger partial charge in [-0.1, -0.05) is 60.7 Å². The van der Waals surface area contributed by atoms with Gasteiger partial charge < -0.3 is 25.1 Å². The minimum absolute atomic E-state index is 0.0114. The third-order valence-electron chi connectivity index (χ3n) is 6.52. The maximum Gasteiger partial charge on any atom is 0.310 e. The van der Waals surface area contributed by atoms with Gasteiger partial charge in [-0.2, -0.15) is 10.4 Å². The lowest BCUT2D eigenvalue weighted by atomic mass is 9.92. The van der Waals surface area contributed by atoms with Gasteiger partial charge in [0.1, 0.15) is 36.7 Å². The highest BCUT2D eigenvalue weighted by atomic mass is 16.6. The maximum atomic E-state index is 12.9. The van der Waals surface area contributed by atoms with Crippen LogP contribution >= 0.6 is 0 Å². The predicted molar refractivity (Wildman–Crippen MR) is 137 cm³/mol. The van der Waals surface area contributed by atoms with E-state index in [2.05, 4.69) is 10.1 Å². The van der Waals surface area contributed by atoms with Crippen LogP contribution in [-0.2, 0) is 42.2 Å². The number of carbonyl (C=O) groups excluding carboxylic acids is 2. The third-order valence-corrected chi connectivity index (χ3v) is 6.52. The van der Waals surface area contributed by atoms with E-state index in [0.717, 1.165) is 5.56 Å². The van der Waals surface area contributed by atoms with Crippen molar-refractivity contribution in [3.8, 4) is 6.07 Å². The van der Waals surface area contributed by atoms with Gasteiger partial charge in [-0.25, -0.2) is 9.50 Å². The van der Waals surface area contributed by atoms with Crippen molar-refractivity contribution >= 4 is 23.3 Å². The molecule has 0 bridgehead atoms. The number of nitrogens with zero attached hydrogens (tertiary/aromatic N) is 4.